The predicted molar refractivity (Wildman–Crippen MR) is 87.4 cm³/mol. The summed E-state index contributed by atoms with van der Waals surface area (Å²) in [7, 11) is 1.56. The van der Waals surface area contributed by atoms with E-state index in [0.29, 0.717) is 23.1 Å². The Morgan fingerprint density at radius 3 is 2.52 bits per heavy atom. The van der Waals surface area contributed by atoms with E-state index < -0.39 is 5.97 Å². The molecule has 0 bridgehead atoms. The molecule has 0 spiro atoms. The fourth-order valence-electron chi connectivity index (χ4n) is 2.98. The van der Waals surface area contributed by atoms with Crippen LogP contribution < -0.4 is 10.1 Å². The molecule has 1 saturated carbocycles. The van der Waals surface area contributed by atoms with Crippen LogP contribution in [0, 0.1) is 11.8 Å². The van der Waals surface area contributed by atoms with E-state index in [-0.39, 0.29) is 18.6 Å². The number of nitrogens with one attached hydrogen (secondary N) is 1. The molecule has 5 nitrogen and oxygen atoms in total. The Hall–Kier alpha value is -2.04. The van der Waals surface area contributed by atoms with E-state index in [0.717, 1.165) is 12.8 Å². The average molecular weight is 319 g/mol. The van der Waals surface area contributed by atoms with Crippen molar-refractivity contribution in [3.8, 4) is 5.75 Å². The van der Waals surface area contributed by atoms with E-state index >= 15 is 0 Å². The first kappa shape index (κ1) is 17.3. The third-order valence-corrected chi connectivity index (χ3v) is 4.71. The summed E-state index contributed by atoms with van der Waals surface area (Å²) < 4.78 is 10.1. The third kappa shape index (κ3) is 4.71. The standard InChI is InChI=1S/C18H25NO4/c1-12-5-4-6-16(13(12)2)19-17(20)11-23-18(21)14-7-9-15(22-3)10-8-14/h7-10,12-13,16H,4-6,11H2,1-3H3,(H,19,20)/t12-,13-,16-/m0/s1. The molecule has 1 amide bonds. The van der Waals surface area contributed by atoms with E-state index in [9.17, 15) is 9.59 Å². The van der Waals surface area contributed by atoms with Crippen LogP contribution in [-0.4, -0.2) is 31.6 Å². The summed E-state index contributed by atoms with van der Waals surface area (Å²) in [4.78, 5) is 23.9. The molecule has 126 valence electrons. The van der Waals surface area contributed by atoms with Crippen molar-refractivity contribution in [3.05, 3.63) is 29.8 Å². The van der Waals surface area contributed by atoms with Gasteiger partial charge in [-0.15, -0.1) is 0 Å². The number of amides is 1. The Morgan fingerprint density at radius 1 is 1.17 bits per heavy atom. The number of esters is 1. The molecule has 1 aromatic rings. The fourth-order valence-corrected chi connectivity index (χ4v) is 2.98. The van der Waals surface area contributed by atoms with Gasteiger partial charge in [0.2, 0.25) is 0 Å². The van der Waals surface area contributed by atoms with Crippen molar-refractivity contribution in [2.24, 2.45) is 11.8 Å². The van der Waals surface area contributed by atoms with Gasteiger partial charge in [-0.25, -0.2) is 4.79 Å². The van der Waals surface area contributed by atoms with Crippen LogP contribution in [0.2, 0.25) is 0 Å². The van der Waals surface area contributed by atoms with E-state index in [4.69, 9.17) is 9.47 Å². The van der Waals surface area contributed by atoms with Crippen LogP contribution >= 0.6 is 0 Å². The van der Waals surface area contributed by atoms with Crippen LogP contribution in [0.3, 0.4) is 0 Å². The van der Waals surface area contributed by atoms with Crippen LogP contribution in [0.1, 0.15) is 43.5 Å². The van der Waals surface area contributed by atoms with E-state index in [2.05, 4.69) is 19.2 Å². The van der Waals surface area contributed by atoms with Gasteiger partial charge in [-0.1, -0.05) is 26.7 Å². The molecule has 0 aliphatic heterocycles. The molecule has 5 heteroatoms. The van der Waals surface area contributed by atoms with Gasteiger partial charge < -0.3 is 14.8 Å². The normalized spacial score (nSPS) is 23.9. The Kier molecular flexibility index (Phi) is 6.02. The highest BCUT2D eigenvalue weighted by atomic mass is 16.5. The molecule has 0 radical (unpaired) electrons. The highest BCUT2D eigenvalue weighted by Gasteiger charge is 2.28. The topological polar surface area (TPSA) is 64.6 Å². The maximum absolute atomic E-state index is 12.0. The lowest BCUT2D eigenvalue weighted by molar-refractivity contribution is -0.125. The van der Waals surface area contributed by atoms with E-state index in [1.165, 1.54) is 6.42 Å². The van der Waals surface area contributed by atoms with Gasteiger partial charge in [0.05, 0.1) is 12.7 Å². The first-order chi connectivity index (χ1) is 11.0. The summed E-state index contributed by atoms with van der Waals surface area (Å²) in [5.41, 5.74) is 0.401. The molecule has 1 aliphatic carbocycles. The van der Waals surface area contributed by atoms with Crippen molar-refractivity contribution in [1.29, 1.82) is 0 Å². The van der Waals surface area contributed by atoms with Gasteiger partial charge in [-0.05, 0) is 42.5 Å². The van der Waals surface area contributed by atoms with E-state index in [1.807, 2.05) is 0 Å². The largest absolute Gasteiger partial charge is 0.497 e. The molecule has 1 fully saturated rings. The van der Waals surface area contributed by atoms with Crippen molar-refractivity contribution >= 4 is 11.9 Å². The van der Waals surface area contributed by atoms with Crippen molar-refractivity contribution < 1.29 is 19.1 Å². The smallest absolute Gasteiger partial charge is 0.338 e. The van der Waals surface area contributed by atoms with Crippen molar-refractivity contribution in [2.75, 3.05) is 13.7 Å². The zero-order valence-electron chi connectivity index (χ0n) is 14.0. The number of methoxy groups -OCH3 is 1. The van der Waals surface area contributed by atoms with Gasteiger partial charge in [0.15, 0.2) is 6.61 Å². The average Bonchev–Trinajstić information content (AvgIpc) is 2.57. The summed E-state index contributed by atoms with van der Waals surface area (Å²) in [5.74, 6) is 0.978. The number of carbonyl (C=O) groups excluding carboxylic acids is 2. The molecular formula is C18H25NO4. The van der Waals surface area contributed by atoms with Gasteiger partial charge in [-0.2, -0.15) is 0 Å². The Morgan fingerprint density at radius 2 is 1.87 bits per heavy atom. The molecule has 0 saturated heterocycles. The molecule has 0 heterocycles. The molecule has 1 aliphatic rings. The number of rotatable bonds is 5. The van der Waals surface area contributed by atoms with Gasteiger partial charge in [-0.3, -0.25) is 4.79 Å². The van der Waals surface area contributed by atoms with Crippen LogP contribution in [-0.2, 0) is 9.53 Å². The van der Waals surface area contributed by atoms with Gasteiger partial charge in [0.25, 0.3) is 5.91 Å². The second-order valence-electron chi connectivity index (χ2n) is 6.25. The second kappa shape index (κ2) is 7.99. The second-order valence-corrected chi connectivity index (χ2v) is 6.25. The summed E-state index contributed by atoms with van der Waals surface area (Å²) in [6, 6.07) is 6.77. The summed E-state index contributed by atoms with van der Waals surface area (Å²) in [6.07, 6.45) is 3.33. The molecule has 2 rings (SSSR count). The Labute approximate surface area is 137 Å². The SMILES string of the molecule is COc1ccc(C(=O)OCC(=O)N[C@H]2CCC[C@H](C)[C@@H]2C)cc1. The fraction of sp³-hybridized carbons (Fsp3) is 0.556. The summed E-state index contributed by atoms with van der Waals surface area (Å²) >= 11 is 0. The predicted octanol–water partition coefficient (Wildman–Crippen LogP) is 2.79. The van der Waals surface area contributed by atoms with Crippen LogP contribution in [0.15, 0.2) is 24.3 Å². The number of ether oxygens (including phenoxy) is 2. The molecule has 0 unspecified atom stereocenters. The number of hydrogen-bond donors (Lipinski definition) is 1. The number of carbonyl (C=O) groups is 2. The van der Waals surface area contributed by atoms with Crippen LogP contribution in [0.5, 0.6) is 5.75 Å². The van der Waals surface area contributed by atoms with Crippen molar-refractivity contribution in [1.82, 2.24) is 5.32 Å². The lowest BCUT2D eigenvalue weighted by atomic mass is 9.78. The quantitative estimate of drug-likeness (QED) is 0.848. The first-order valence-corrected chi connectivity index (χ1v) is 8.11. The minimum Gasteiger partial charge on any atom is -0.497 e. The monoisotopic (exact) mass is 319 g/mol. The zero-order chi connectivity index (χ0) is 16.8. The van der Waals surface area contributed by atoms with Crippen LogP contribution in [0.4, 0.5) is 0 Å². The maximum Gasteiger partial charge on any atom is 0.338 e. The van der Waals surface area contributed by atoms with Crippen molar-refractivity contribution in [3.63, 3.8) is 0 Å². The third-order valence-electron chi connectivity index (χ3n) is 4.71. The maximum atomic E-state index is 12.0. The summed E-state index contributed by atoms with van der Waals surface area (Å²) in [6.45, 7) is 4.13. The van der Waals surface area contributed by atoms with Gasteiger partial charge in [0, 0.05) is 6.04 Å². The first-order valence-electron chi connectivity index (χ1n) is 8.11. The highest BCUT2D eigenvalue weighted by Crippen LogP contribution is 2.29. The Bertz CT molecular complexity index is 540. The molecule has 1 N–H and O–H groups in total. The lowest BCUT2D eigenvalue weighted by Crippen LogP contribution is -2.45. The molecule has 0 aromatic heterocycles. The number of hydrogen-bond acceptors (Lipinski definition) is 4. The Balaban J connectivity index is 1.80. The minimum atomic E-state index is -0.507. The molecule has 3 atom stereocenters. The highest BCUT2D eigenvalue weighted by molar-refractivity contribution is 5.91. The van der Waals surface area contributed by atoms with Crippen LogP contribution in [0.25, 0.3) is 0 Å². The lowest BCUT2D eigenvalue weighted by Gasteiger charge is -2.34. The molecular weight excluding hydrogens is 294 g/mol. The van der Waals surface area contributed by atoms with E-state index in [1.54, 1.807) is 31.4 Å². The zero-order valence-corrected chi connectivity index (χ0v) is 14.0. The number of benzene rings is 1. The van der Waals surface area contributed by atoms with Gasteiger partial charge in [0.1, 0.15) is 5.75 Å². The van der Waals surface area contributed by atoms with Crippen molar-refractivity contribution in [2.45, 2.75) is 39.2 Å². The summed E-state index contributed by atoms with van der Waals surface area (Å²) in [5, 5.41) is 2.99. The molecule has 1 aromatic carbocycles. The van der Waals surface area contributed by atoms with Gasteiger partial charge >= 0.3 is 5.97 Å². The minimum absolute atomic E-state index is 0.172. The molecule has 23 heavy (non-hydrogen) atoms.